The molecule has 0 aromatic heterocycles. The zero-order valence-electron chi connectivity index (χ0n) is 17.6. The zero-order chi connectivity index (χ0) is 20.5. The van der Waals surface area contributed by atoms with Crippen LogP contribution in [0.15, 0.2) is 48.5 Å². The highest BCUT2D eigenvalue weighted by atomic mass is 16.2. The van der Waals surface area contributed by atoms with Crippen molar-refractivity contribution in [1.82, 2.24) is 9.80 Å². The van der Waals surface area contributed by atoms with Gasteiger partial charge in [0.25, 0.3) is 0 Å². The van der Waals surface area contributed by atoms with Crippen LogP contribution < -0.4 is 0 Å². The molecule has 4 nitrogen and oxygen atoms in total. The molecule has 2 heterocycles. The molecular weight excluding hydrogens is 372 g/mol. The Kier molecular flexibility index (Phi) is 5.32. The topological polar surface area (TPSA) is 40.6 Å². The summed E-state index contributed by atoms with van der Waals surface area (Å²) >= 11 is 0. The molecule has 0 unspecified atom stereocenters. The van der Waals surface area contributed by atoms with Gasteiger partial charge < -0.3 is 9.80 Å². The maximum Gasteiger partial charge on any atom is 0.225 e. The monoisotopic (exact) mass is 402 g/mol. The Morgan fingerprint density at radius 1 is 0.600 bits per heavy atom. The fraction of sp³-hybridized carbons (Fsp3) is 0.462. The third-order valence-electron chi connectivity index (χ3n) is 7.31. The number of carbonyl (C=O) groups excluding carboxylic acids is 2. The van der Waals surface area contributed by atoms with E-state index in [4.69, 9.17) is 0 Å². The van der Waals surface area contributed by atoms with Gasteiger partial charge in [-0.25, -0.2) is 0 Å². The lowest BCUT2D eigenvalue weighted by Gasteiger charge is -2.36. The highest BCUT2D eigenvalue weighted by molar-refractivity contribution is 5.81. The van der Waals surface area contributed by atoms with Crippen molar-refractivity contribution in [3.05, 3.63) is 70.8 Å². The van der Waals surface area contributed by atoms with Crippen molar-refractivity contribution < 1.29 is 9.59 Å². The van der Waals surface area contributed by atoms with E-state index < -0.39 is 0 Å². The molecule has 4 heteroatoms. The molecule has 2 amide bonds. The van der Waals surface area contributed by atoms with Crippen LogP contribution in [0.2, 0.25) is 0 Å². The molecule has 30 heavy (non-hydrogen) atoms. The average molecular weight is 403 g/mol. The van der Waals surface area contributed by atoms with Crippen LogP contribution in [0, 0.1) is 11.8 Å². The Morgan fingerprint density at radius 2 is 0.967 bits per heavy atom. The highest BCUT2D eigenvalue weighted by Crippen LogP contribution is 2.33. The second kappa shape index (κ2) is 8.25. The maximum atomic E-state index is 13.1. The van der Waals surface area contributed by atoms with E-state index in [2.05, 4.69) is 48.5 Å². The molecule has 0 saturated heterocycles. The second-order valence-electron chi connectivity index (χ2n) is 9.11. The van der Waals surface area contributed by atoms with Crippen LogP contribution >= 0.6 is 0 Å². The van der Waals surface area contributed by atoms with Gasteiger partial charge in [-0.3, -0.25) is 9.59 Å². The molecule has 2 aliphatic heterocycles. The Labute approximate surface area is 178 Å². The van der Waals surface area contributed by atoms with Crippen LogP contribution in [-0.2, 0) is 35.5 Å². The van der Waals surface area contributed by atoms with E-state index in [1.165, 1.54) is 22.3 Å². The van der Waals surface area contributed by atoms with E-state index in [1.807, 2.05) is 9.80 Å². The van der Waals surface area contributed by atoms with Gasteiger partial charge in [-0.15, -0.1) is 0 Å². The number of carbonyl (C=O) groups is 2. The molecule has 0 atom stereocenters. The molecule has 1 aliphatic carbocycles. The lowest BCUT2D eigenvalue weighted by molar-refractivity contribution is -0.142. The van der Waals surface area contributed by atoms with Gasteiger partial charge in [0, 0.05) is 38.0 Å². The first-order valence-electron chi connectivity index (χ1n) is 11.4. The van der Waals surface area contributed by atoms with E-state index in [0.29, 0.717) is 11.8 Å². The van der Waals surface area contributed by atoms with Crippen molar-refractivity contribution in [3.63, 3.8) is 0 Å². The van der Waals surface area contributed by atoms with E-state index in [1.54, 1.807) is 0 Å². The van der Waals surface area contributed by atoms with Crippen LogP contribution in [0.25, 0.3) is 0 Å². The minimum Gasteiger partial charge on any atom is -0.338 e. The standard InChI is InChI=1S/C26H30N2O2/c29-25(27-15-13-19-5-1-3-7-23(19)17-27)21-9-11-22(12-10-21)26(30)28-16-14-20-6-2-4-8-24(20)18-28/h1-8,21-22H,9-18H2. The summed E-state index contributed by atoms with van der Waals surface area (Å²) in [6.07, 6.45) is 5.28. The van der Waals surface area contributed by atoms with Crippen molar-refractivity contribution in [1.29, 1.82) is 0 Å². The number of benzene rings is 2. The first-order valence-corrected chi connectivity index (χ1v) is 11.4. The van der Waals surface area contributed by atoms with Crippen molar-refractivity contribution in [2.45, 2.75) is 51.6 Å². The van der Waals surface area contributed by atoms with Gasteiger partial charge in [0.2, 0.25) is 11.8 Å². The minimum absolute atomic E-state index is 0.0846. The Bertz CT molecular complexity index is 868. The summed E-state index contributed by atoms with van der Waals surface area (Å²) in [6, 6.07) is 16.9. The molecular formula is C26H30N2O2. The van der Waals surface area contributed by atoms with E-state index in [-0.39, 0.29) is 11.8 Å². The third-order valence-corrected chi connectivity index (χ3v) is 7.31. The summed E-state index contributed by atoms with van der Waals surface area (Å²) in [5.41, 5.74) is 5.32. The van der Waals surface area contributed by atoms with Gasteiger partial charge in [0.15, 0.2) is 0 Å². The van der Waals surface area contributed by atoms with Crippen molar-refractivity contribution in [3.8, 4) is 0 Å². The predicted octanol–water partition coefficient (Wildman–Crippen LogP) is 3.96. The van der Waals surface area contributed by atoms with Crippen LogP contribution in [0.5, 0.6) is 0 Å². The quantitative estimate of drug-likeness (QED) is 0.763. The van der Waals surface area contributed by atoms with Gasteiger partial charge in [-0.1, -0.05) is 48.5 Å². The lowest BCUT2D eigenvalue weighted by Crippen LogP contribution is -2.43. The van der Waals surface area contributed by atoms with Gasteiger partial charge in [-0.05, 0) is 60.8 Å². The fourth-order valence-corrected chi connectivity index (χ4v) is 5.47. The summed E-state index contributed by atoms with van der Waals surface area (Å²) in [5.74, 6) is 0.757. The van der Waals surface area contributed by atoms with Gasteiger partial charge in [0.1, 0.15) is 0 Å². The minimum atomic E-state index is 0.0846. The van der Waals surface area contributed by atoms with Crippen molar-refractivity contribution in [2.24, 2.45) is 11.8 Å². The smallest absolute Gasteiger partial charge is 0.225 e. The van der Waals surface area contributed by atoms with Crippen LogP contribution in [0.1, 0.15) is 47.9 Å². The normalized spacial score (nSPS) is 23.5. The molecule has 0 N–H and O–H groups in total. The molecule has 2 aromatic rings. The van der Waals surface area contributed by atoms with Crippen LogP contribution in [0.4, 0.5) is 0 Å². The summed E-state index contributed by atoms with van der Waals surface area (Å²) < 4.78 is 0. The van der Waals surface area contributed by atoms with Crippen LogP contribution in [0.3, 0.4) is 0 Å². The number of rotatable bonds is 2. The molecule has 1 saturated carbocycles. The van der Waals surface area contributed by atoms with E-state index in [0.717, 1.165) is 64.7 Å². The Hall–Kier alpha value is -2.62. The fourth-order valence-electron chi connectivity index (χ4n) is 5.47. The number of nitrogens with zero attached hydrogens (tertiary/aromatic N) is 2. The number of hydrogen-bond acceptors (Lipinski definition) is 2. The summed E-state index contributed by atoms with van der Waals surface area (Å²) in [6.45, 7) is 3.12. The number of amides is 2. The molecule has 0 bridgehead atoms. The van der Waals surface area contributed by atoms with Gasteiger partial charge in [0.05, 0.1) is 0 Å². The lowest BCUT2D eigenvalue weighted by atomic mass is 9.80. The van der Waals surface area contributed by atoms with Gasteiger partial charge >= 0.3 is 0 Å². The average Bonchev–Trinajstić information content (AvgIpc) is 2.82. The number of fused-ring (bicyclic) bond motifs is 2. The first kappa shape index (κ1) is 19.3. The van der Waals surface area contributed by atoms with Crippen LogP contribution in [-0.4, -0.2) is 34.7 Å². The SMILES string of the molecule is O=C(C1CCC(C(=O)N2CCc3ccccc3C2)CC1)N1CCc2ccccc2C1. The van der Waals surface area contributed by atoms with Crippen molar-refractivity contribution in [2.75, 3.05) is 13.1 Å². The molecule has 2 aromatic carbocycles. The Morgan fingerprint density at radius 3 is 1.37 bits per heavy atom. The van der Waals surface area contributed by atoms with Crippen molar-refractivity contribution >= 4 is 11.8 Å². The third kappa shape index (κ3) is 3.76. The van der Waals surface area contributed by atoms with E-state index >= 15 is 0 Å². The summed E-state index contributed by atoms with van der Waals surface area (Å²) in [7, 11) is 0. The largest absolute Gasteiger partial charge is 0.338 e. The highest BCUT2D eigenvalue weighted by Gasteiger charge is 2.35. The number of hydrogen-bond donors (Lipinski definition) is 0. The Balaban J connectivity index is 1.16. The predicted molar refractivity (Wildman–Crippen MR) is 117 cm³/mol. The molecule has 1 fully saturated rings. The molecule has 156 valence electrons. The second-order valence-corrected chi connectivity index (χ2v) is 9.11. The first-order chi connectivity index (χ1) is 14.7. The van der Waals surface area contributed by atoms with Gasteiger partial charge in [-0.2, -0.15) is 0 Å². The summed E-state index contributed by atoms with van der Waals surface area (Å²) in [4.78, 5) is 30.3. The molecule has 5 rings (SSSR count). The zero-order valence-corrected chi connectivity index (χ0v) is 17.6. The maximum absolute atomic E-state index is 13.1. The molecule has 0 radical (unpaired) electrons. The molecule has 3 aliphatic rings. The molecule has 0 spiro atoms. The summed E-state index contributed by atoms with van der Waals surface area (Å²) in [5, 5.41) is 0. The van der Waals surface area contributed by atoms with E-state index in [9.17, 15) is 9.59 Å².